The van der Waals surface area contributed by atoms with Crippen LogP contribution in [0.4, 0.5) is 0 Å². The van der Waals surface area contributed by atoms with Gasteiger partial charge in [-0.2, -0.15) is 0 Å². The number of benzene rings is 1. The number of ether oxygens (including phenoxy) is 1. The van der Waals surface area contributed by atoms with Crippen LogP contribution < -0.4 is 4.74 Å². The summed E-state index contributed by atoms with van der Waals surface area (Å²) in [6.07, 6.45) is 1.94. The Balaban J connectivity index is 2.15. The lowest BCUT2D eigenvalue weighted by molar-refractivity contribution is 0.0617. The molecule has 1 atom stereocenters. The maximum absolute atomic E-state index is 12.4. The van der Waals surface area contributed by atoms with Crippen molar-refractivity contribution in [2.75, 3.05) is 26.8 Å². The van der Waals surface area contributed by atoms with Crippen LogP contribution in [0.3, 0.4) is 0 Å². The van der Waals surface area contributed by atoms with E-state index in [0.717, 1.165) is 19.4 Å². The van der Waals surface area contributed by atoms with Gasteiger partial charge in [-0.05, 0) is 30.9 Å². The van der Waals surface area contributed by atoms with Crippen molar-refractivity contribution in [1.29, 1.82) is 0 Å². The van der Waals surface area contributed by atoms with Crippen LogP contribution in [-0.2, 0) is 0 Å². The molecule has 4 heteroatoms. The lowest BCUT2D eigenvalue weighted by atomic mass is 9.98. The Hall–Kier alpha value is -1.55. The first-order valence-corrected chi connectivity index (χ1v) is 6.29. The van der Waals surface area contributed by atoms with Crippen molar-refractivity contribution in [2.24, 2.45) is 5.92 Å². The molecule has 1 N–H and O–H groups in total. The van der Waals surface area contributed by atoms with Gasteiger partial charge in [0.05, 0.1) is 12.7 Å². The Morgan fingerprint density at radius 1 is 1.50 bits per heavy atom. The molecule has 0 spiro atoms. The first-order chi connectivity index (χ1) is 8.76. The second-order valence-corrected chi connectivity index (χ2v) is 4.64. The van der Waals surface area contributed by atoms with Gasteiger partial charge in [0.15, 0.2) is 0 Å². The number of amides is 1. The average Bonchev–Trinajstić information content (AvgIpc) is 2.46. The molecule has 18 heavy (non-hydrogen) atoms. The number of aliphatic hydroxyl groups is 1. The van der Waals surface area contributed by atoms with E-state index in [9.17, 15) is 9.90 Å². The Kier molecular flexibility index (Phi) is 4.20. The highest BCUT2D eigenvalue weighted by atomic mass is 16.5. The fourth-order valence-corrected chi connectivity index (χ4v) is 2.39. The lowest BCUT2D eigenvalue weighted by Crippen LogP contribution is -2.41. The lowest BCUT2D eigenvalue weighted by Gasteiger charge is -2.32. The SMILES string of the molecule is COc1ccccc1C(=O)N1CCCC(CO)C1. The zero-order chi connectivity index (χ0) is 13.0. The van der Waals surface area contributed by atoms with E-state index in [1.165, 1.54) is 0 Å². The largest absolute Gasteiger partial charge is 0.496 e. The summed E-state index contributed by atoms with van der Waals surface area (Å²) in [5.41, 5.74) is 0.596. The number of piperidine rings is 1. The average molecular weight is 249 g/mol. The molecule has 0 aromatic heterocycles. The van der Waals surface area contributed by atoms with Crippen LogP contribution in [0.25, 0.3) is 0 Å². The Bertz CT molecular complexity index is 419. The van der Waals surface area contributed by atoms with Gasteiger partial charge in [0.25, 0.3) is 5.91 Å². The first-order valence-electron chi connectivity index (χ1n) is 6.29. The number of para-hydroxylation sites is 1. The molecule has 1 fully saturated rings. The molecule has 2 rings (SSSR count). The van der Waals surface area contributed by atoms with Gasteiger partial charge in [0, 0.05) is 19.7 Å². The highest BCUT2D eigenvalue weighted by Gasteiger charge is 2.25. The van der Waals surface area contributed by atoms with E-state index in [-0.39, 0.29) is 18.4 Å². The summed E-state index contributed by atoms with van der Waals surface area (Å²) in [5, 5.41) is 9.20. The normalized spacial score (nSPS) is 19.7. The van der Waals surface area contributed by atoms with Crippen LogP contribution in [0.2, 0.25) is 0 Å². The predicted octanol–water partition coefficient (Wildman–Crippen LogP) is 1.54. The molecule has 1 amide bonds. The summed E-state index contributed by atoms with van der Waals surface area (Å²) in [6.45, 7) is 1.54. The minimum absolute atomic E-state index is 0.00870. The predicted molar refractivity (Wildman–Crippen MR) is 68.7 cm³/mol. The van der Waals surface area contributed by atoms with Crippen LogP contribution >= 0.6 is 0 Å². The van der Waals surface area contributed by atoms with E-state index < -0.39 is 0 Å². The number of rotatable bonds is 3. The molecule has 1 aromatic rings. The molecular formula is C14H19NO3. The standard InChI is InChI=1S/C14H19NO3/c1-18-13-7-3-2-6-12(13)14(17)15-8-4-5-11(9-15)10-16/h2-3,6-7,11,16H,4-5,8-10H2,1H3. The molecule has 1 heterocycles. The summed E-state index contributed by atoms with van der Waals surface area (Å²) in [7, 11) is 1.57. The molecule has 0 saturated carbocycles. The van der Waals surface area contributed by atoms with Crippen molar-refractivity contribution in [3.63, 3.8) is 0 Å². The Labute approximate surface area is 107 Å². The van der Waals surface area contributed by atoms with Crippen molar-refractivity contribution in [3.8, 4) is 5.75 Å². The Morgan fingerprint density at radius 3 is 3.00 bits per heavy atom. The topological polar surface area (TPSA) is 49.8 Å². The van der Waals surface area contributed by atoms with E-state index in [0.29, 0.717) is 17.9 Å². The summed E-state index contributed by atoms with van der Waals surface area (Å²) >= 11 is 0. The number of carbonyl (C=O) groups excluding carboxylic acids is 1. The number of hydrogen-bond donors (Lipinski definition) is 1. The molecule has 1 aliphatic heterocycles. The van der Waals surface area contributed by atoms with Crippen LogP contribution in [-0.4, -0.2) is 42.7 Å². The van der Waals surface area contributed by atoms with Gasteiger partial charge in [-0.3, -0.25) is 4.79 Å². The summed E-state index contributed by atoms with van der Waals surface area (Å²) in [4.78, 5) is 14.2. The summed E-state index contributed by atoms with van der Waals surface area (Å²) in [5.74, 6) is 0.802. The maximum Gasteiger partial charge on any atom is 0.257 e. The van der Waals surface area contributed by atoms with E-state index in [1.54, 1.807) is 19.2 Å². The molecule has 1 aliphatic rings. The second kappa shape index (κ2) is 5.87. The van der Waals surface area contributed by atoms with Crippen LogP contribution in [0.5, 0.6) is 5.75 Å². The number of hydrogen-bond acceptors (Lipinski definition) is 3. The summed E-state index contributed by atoms with van der Waals surface area (Å²) in [6, 6.07) is 7.26. The number of methoxy groups -OCH3 is 1. The van der Waals surface area contributed by atoms with Gasteiger partial charge in [-0.1, -0.05) is 12.1 Å². The molecule has 0 radical (unpaired) electrons. The quantitative estimate of drug-likeness (QED) is 0.884. The fourth-order valence-electron chi connectivity index (χ4n) is 2.39. The number of nitrogens with zero attached hydrogens (tertiary/aromatic N) is 1. The van der Waals surface area contributed by atoms with Crippen LogP contribution in [0, 0.1) is 5.92 Å². The van der Waals surface area contributed by atoms with Gasteiger partial charge in [-0.25, -0.2) is 0 Å². The van der Waals surface area contributed by atoms with Gasteiger partial charge in [0.2, 0.25) is 0 Å². The molecule has 0 bridgehead atoms. The summed E-state index contributed by atoms with van der Waals surface area (Å²) < 4.78 is 5.21. The van der Waals surface area contributed by atoms with Crippen molar-refractivity contribution < 1.29 is 14.6 Å². The molecule has 98 valence electrons. The number of likely N-dealkylation sites (tertiary alicyclic amines) is 1. The van der Waals surface area contributed by atoms with E-state index in [2.05, 4.69) is 0 Å². The molecule has 1 unspecified atom stereocenters. The van der Waals surface area contributed by atoms with Gasteiger partial charge >= 0.3 is 0 Å². The molecule has 0 aliphatic carbocycles. The van der Waals surface area contributed by atoms with E-state index in [4.69, 9.17) is 4.74 Å². The molecular weight excluding hydrogens is 230 g/mol. The zero-order valence-electron chi connectivity index (χ0n) is 10.6. The highest BCUT2D eigenvalue weighted by molar-refractivity contribution is 5.97. The fraction of sp³-hybridized carbons (Fsp3) is 0.500. The third-order valence-corrected chi connectivity index (χ3v) is 3.40. The Morgan fingerprint density at radius 2 is 2.28 bits per heavy atom. The third kappa shape index (κ3) is 2.64. The molecule has 1 aromatic carbocycles. The third-order valence-electron chi connectivity index (χ3n) is 3.40. The van der Waals surface area contributed by atoms with Crippen molar-refractivity contribution in [2.45, 2.75) is 12.8 Å². The minimum Gasteiger partial charge on any atom is -0.496 e. The van der Waals surface area contributed by atoms with Crippen molar-refractivity contribution >= 4 is 5.91 Å². The molecule has 1 saturated heterocycles. The monoisotopic (exact) mass is 249 g/mol. The first kappa shape index (κ1) is 12.9. The number of carbonyl (C=O) groups is 1. The van der Waals surface area contributed by atoms with Crippen LogP contribution in [0.15, 0.2) is 24.3 Å². The zero-order valence-corrected chi connectivity index (χ0v) is 10.6. The smallest absolute Gasteiger partial charge is 0.257 e. The van der Waals surface area contributed by atoms with Crippen molar-refractivity contribution in [1.82, 2.24) is 4.90 Å². The van der Waals surface area contributed by atoms with E-state index >= 15 is 0 Å². The minimum atomic E-state index is -0.00870. The highest BCUT2D eigenvalue weighted by Crippen LogP contribution is 2.23. The van der Waals surface area contributed by atoms with Gasteiger partial charge < -0.3 is 14.7 Å². The van der Waals surface area contributed by atoms with Gasteiger partial charge in [0.1, 0.15) is 5.75 Å². The van der Waals surface area contributed by atoms with Crippen LogP contribution in [0.1, 0.15) is 23.2 Å². The van der Waals surface area contributed by atoms with Crippen molar-refractivity contribution in [3.05, 3.63) is 29.8 Å². The maximum atomic E-state index is 12.4. The molecule has 4 nitrogen and oxygen atoms in total. The van der Waals surface area contributed by atoms with Gasteiger partial charge in [-0.15, -0.1) is 0 Å². The number of aliphatic hydroxyl groups excluding tert-OH is 1. The second-order valence-electron chi connectivity index (χ2n) is 4.64. The van der Waals surface area contributed by atoms with E-state index in [1.807, 2.05) is 17.0 Å².